The molecule has 0 aromatic heterocycles. The molecule has 0 saturated carbocycles. The SMILES string of the molecule is COc1cc(C2OC(=O)Nc3c2cc(OC)c2ccccc32)cc(OC)c1OC. The van der Waals surface area contributed by atoms with Gasteiger partial charge in [0.15, 0.2) is 17.6 Å². The highest BCUT2D eigenvalue weighted by Crippen LogP contribution is 2.47. The van der Waals surface area contributed by atoms with E-state index in [1.807, 2.05) is 30.3 Å². The van der Waals surface area contributed by atoms with E-state index in [1.54, 1.807) is 33.5 Å². The molecule has 1 N–H and O–H groups in total. The number of carbonyl (C=O) groups excluding carboxylic acids is 1. The molecular formula is C22H21NO6. The number of hydrogen-bond acceptors (Lipinski definition) is 6. The third kappa shape index (κ3) is 3.04. The predicted molar refractivity (Wildman–Crippen MR) is 109 cm³/mol. The van der Waals surface area contributed by atoms with Gasteiger partial charge < -0.3 is 23.7 Å². The molecule has 1 amide bonds. The molecule has 0 fully saturated rings. The topological polar surface area (TPSA) is 75.3 Å². The second-order valence-electron chi connectivity index (χ2n) is 6.46. The number of nitrogens with one attached hydrogen (secondary N) is 1. The Bertz CT molecular complexity index is 1070. The van der Waals surface area contributed by atoms with E-state index in [9.17, 15) is 4.79 Å². The normalized spacial score (nSPS) is 15.2. The first-order valence-corrected chi connectivity index (χ1v) is 8.98. The Hall–Kier alpha value is -3.61. The average Bonchev–Trinajstić information content (AvgIpc) is 2.77. The lowest BCUT2D eigenvalue weighted by Crippen LogP contribution is -2.25. The number of amides is 1. The molecule has 1 atom stereocenters. The van der Waals surface area contributed by atoms with Gasteiger partial charge in [0.1, 0.15) is 5.75 Å². The Morgan fingerprint density at radius 3 is 2.03 bits per heavy atom. The molecule has 1 heterocycles. The first-order chi connectivity index (χ1) is 14.1. The zero-order valence-corrected chi connectivity index (χ0v) is 16.6. The highest BCUT2D eigenvalue weighted by molar-refractivity contribution is 6.05. The van der Waals surface area contributed by atoms with Crippen LogP contribution in [0.25, 0.3) is 10.8 Å². The van der Waals surface area contributed by atoms with E-state index in [0.717, 1.165) is 16.3 Å². The molecule has 150 valence electrons. The van der Waals surface area contributed by atoms with E-state index in [-0.39, 0.29) is 0 Å². The van der Waals surface area contributed by atoms with E-state index in [1.165, 1.54) is 7.11 Å². The van der Waals surface area contributed by atoms with Crippen LogP contribution in [0.1, 0.15) is 17.2 Å². The first-order valence-electron chi connectivity index (χ1n) is 8.98. The molecule has 0 spiro atoms. The molecular weight excluding hydrogens is 374 g/mol. The summed E-state index contributed by atoms with van der Waals surface area (Å²) in [6, 6.07) is 13.2. The Balaban J connectivity index is 1.96. The molecule has 1 aliphatic rings. The summed E-state index contributed by atoms with van der Waals surface area (Å²) >= 11 is 0. The molecule has 7 heteroatoms. The van der Waals surface area contributed by atoms with Crippen LogP contribution in [0.2, 0.25) is 0 Å². The summed E-state index contributed by atoms with van der Waals surface area (Å²) in [5.74, 6) is 2.11. The van der Waals surface area contributed by atoms with Crippen molar-refractivity contribution in [2.45, 2.75) is 6.10 Å². The van der Waals surface area contributed by atoms with Crippen LogP contribution >= 0.6 is 0 Å². The summed E-state index contributed by atoms with van der Waals surface area (Å²) in [7, 11) is 6.24. The summed E-state index contributed by atoms with van der Waals surface area (Å²) in [6.07, 6.45) is -1.21. The molecule has 3 aromatic rings. The van der Waals surface area contributed by atoms with Crippen LogP contribution in [0.3, 0.4) is 0 Å². The second kappa shape index (κ2) is 7.43. The van der Waals surface area contributed by atoms with Gasteiger partial charge in [0.25, 0.3) is 0 Å². The van der Waals surface area contributed by atoms with Crippen molar-refractivity contribution < 1.29 is 28.5 Å². The lowest BCUT2D eigenvalue weighted by molar-refractivity contribution is 0.126. The molecule has 0 saturated heterocycles. The Morgan fingerprint density at radius 1 is 0.828 bits per heavy atom. The molecule has 3 aromatic carbocycles. The number of cyclic esters (lactones) is 1. The minimum atomic E-state index is -0.675. The molecule has 1 aliphatic heterocycles. The van der Waals surface area contributed by atoms with Gasteiger partial charge in [0.05, 0.1) is 34.1 Å². The third-order valence-corrected chi connectivity index (χ3v) is 4.98. The van der Waals surface area contributed by atoms with Crippen molar-refractivity contribution in [1.29, 1.82) is 0 Å². The second-order valence-corrected chi connectivity index (χ2v) is 6.46. The van der Waals surface area contributed by atoms with Crippen molar-refractivity contribution in [3.8, 4) is 23.0 Å². The summed E-state index contributed by atoms with van der Waals surface area (Å²) in [6.45, 7) is 0. The summed E-state index contributed by atoms with van der Waals surface area (Å²) in [5.41, 5.74) is 2.15. The van der Waals surface area contributed by atoms with Crippen molar-refractivity contribution in [1.82, 2.24) is 0 Å². The minimum Gasteiger partial charge on any atom is -0.496 e. The monoisotopic (exact) mass is 395 g/mol. The molecule has 0 bridgehead atoms. The quantitative estimate of drug-likeness (QED) is 0.684. The van der Waals surface area contributed by atoms with Crippen LogP contribution in [0, 0.1) is 0 Å². The maximum absolute atomic E-state index is 12.4. The fourth-order valence-corrected chi connectivity index (χ4v) is 3.68. The van der Waals surface area contributed by atoms with Gasteiger partial charge in [-0.15, -0.1) is 0 Å². The van der Waals surface area contributed by atoms with Gasteiger partial charge >= 0.3 is 6.09 Å². The van der Waals surface area contributed by atoms with Crippen LogP contribution in [0.15, 0.2) is 42.5 Å². The summed E-state index contributed by atoms with van der Waals surface area (Å²) in [5, 5.41) is 4.60. The van der Waals surface area contributed by atoms with E-state index < -0.39 is 12.2 Å². The maximum Gasteiger partial charge on any atom is 0.412 e. The van der Waals surface area contributed by atoms with Crippen LogP contribution in [0.4, 0.5) is 10.5 Å². The number of carbonyl (C=O) groups is 1. The molecule has 1 unspecified atom stereocenters. The van der Waals surface area contributed by atoms with Gasteiger partial charge in [-0.3, -0.25) is 5.32 Å². The van der Waals surface area contributed by atoms with Crippen LogP contribution < -0.4 is 24.3 Å². The molecule has 29 heavy (non-hydrogen) atoms. The fourth-order valence-electron chi connectivity index (χ4n) is 3.68. The third-order valence-electron chi connectivity index (χ3n) is 4.98. The van der Waals surface area contributed by atoms with Gasteiger partial charge in [-0.2, -0.15) is 0 Å². The summed E-state index contributed by atoms with van der Waals surface area (Å²) in [4.78, 5) is 12.4. The van der Waals surface area contributed by atoms with Gasteiger partial charge in [0.2, 0.25) is 5.75 Å². The maximum atomic E-state index is 12.4. The number of methoxy groups -OCH3 is 4. The lowest BCUT2D eigenvalue weighted by atomic mass is 9.94. The number of hydrogen-bond donors (Lipinski definition) is 1. The van der Waals surface area contributed by atoms with E-state index >= 15 is 0 Å². The Morgan fingerprint density at radius 2 is 1.45 bits per heavy atom. The molecule has 0 aliphatic carbocycles. The van der Waals surface area contributed by atoms with Gasteiger partial charge in [-0.25, -0.2) is 4.79 Å². The number of fused-ring (bicyclic) bond motifs is 3. The predicted octanol–water partition coefficient (Wildman–Crippen LogP) is 4.53. The highest BCUT2D eigenvalue weighted by Gasteiger charge is 2.32. The average molecular weight is 395 g/mol. The standard InChI is InChI=1S/C22H21NO6/c1-25-16-11-15-19(14-8-6-5-7-13(14)16)23-22(24)29-20(15)12-9-17(26-2)21(28-4)18(10-12)27-3/h5-11,20H,1-4H3,(H,23,24). The van der Waals surface area contributed by atoms with Crippen molar-refractivity contribution in [3.05, 3.63) is 53.6 Å². The van der Waals surface area contributed by atoms with E-state index in [0.29, 0.717) is 34.2 Å². The zero-order valence-electron chi connectivity index (χ0n) is 16.6. The Labute approximate surface area is 168 Å². The van der Waals surface area contributed by atoms with Crippen molar-refractivity contribution in [3.63, 3.8) is 0 Å². The molecule has 0 radical (unpaired) electrons. The van der Waals surface area contributed by atoms with Gasteiger partial charge in [-0.1, -0.05) is 24.3 Å². The zero-order chi connectivity index (χ0) is 20.5. The lowest BCUT2D eigenvalue weighted by Gasteiger charge is -2.29. The number of ether oxygens (including phenoxy) is 5. The number of anilines is 1. The van der Waals surface area contributed by atoms with Crippen molar-refractivity contribution >= 4 is 22.6 Å². The Kier molecular flexibility index (Phi) is 4.80. The van der Waals surface area contributed by atoms with Gasteiger partial charge in [0, 0.05) is 21.9 Å². The van der Waals surface area contributed by atoms with E-state index in [2.05, 4.69) is 5.32 Å². The van der Waals surface area contributed by atoms with Gasteiger partial charge in [-0.05, 0) is 18.2 Å². The summed E-state index contributed by atoms with van der Waals surface area (Å²) < 4.78 is 27.6. The largest absolute Gasteiger partial charge is 0.496 e. The number of benzene rings is 3. The molecule has 4 rings (SSSR count). The van der Waals surface area contributed by atoms with Crippen LogP contribution in [-0.2, 0) is 4.74 Å². The highest BCUT2D eigenvalue weighted by atomic mass is 16.6. The van der Waals surface area contributed by atoms with Crippen molar-refractivity contribution in [2.24, 2.45) is 0 Å². The van der Waals surface area contributed by atoms with Crippen LogP contribution in [0.5, 0.6) is 23.0 Å². The van der Waals surface area contributed by atoms with Crippen LogP contribution in [-0.4, -0.2) is 34.5 Å². The fraction of sp³-hybridized carbons (Fsp3) is 0.227. The number of rotatable bonds is 5. The van der Waals surface area contributed by atoms with Crippen molar-refractivity contribution in [2.75, 3.05) is 33.8 Å². The molecule has 7 nitrogen and oxygen atoms in total. The minimum absolute atomic E-state index is 0.468. The van der Waals surface area contributed by atoms with E-state index in [4.69, 9.17) is 23.7 Å². The smallest absolute Gasteiger partial charge is 0.412 e. The first kappa shape index (κ1) is 18.7.